The van der Waals surface area contributed by atoms with Crippen molar-refractivity contribution in [2.75, 3.05) is 0 Å². The molecule has 0 spiro atoms. The fourth-order valence-corrected chi connectivity index (χ4v) is 3.81. The van der Waals surface area contributed by atoms with E-state index in [1.54, 1.807) is 16.6 Å². The van der Waals surface area contributed by atoms with Crippen molar-refractivity contribution in [3.63, 3.8) is 0 Å². The Labute approximate surface area is 176 Å². The summed E-state index contributed by atoms with van der Waals surface area (Å²) < 4.78 is 28.9. The van der Waals surface area contributed by atoms with Crippen LogP contribution in [0.1, 0.15) is 29.5 Å². The first-order valence-corrected chi connectivity index (χ1v) is 9.48. The van der Waals surface area contributed by atoms with Crippen molar-refractivity contribution >= 4 is 23.2 Å². The zero-order chi connectivity index (χ0) is 21.5. The Bertz CT molecular complexity index is 1230. The van der Waals surface area contributed by atoms with Gasteiger partial charge in [-0.05, 0) is 40.5 Å². The van der Waals surface area contributed by atoms with E-state index in [9.17, 15) is 13.6 Å². The largest absolute Gasteiger partial charge is 0.369 e. The zero-order valence-corrected chi connectivity index (χ0v) is 16.6. The number of halogens is 3. The number of amides is 1. The molecular weight excluding hydrogens is 410 g/mol. The van der Waals surface area contributed by atoms with Gasteiger partial charge in [-0.1, -0.05) is 48.0 Å². The maximum absolute atomic E-state index is 13.6. The molecule has 2 aromatic heterocycles. The van der Waals surface area contributed by atoms with Gasteiger partial charge in [-0.2, -0.15) is 5.10 Å². The van der Waals surface area contributed by atoms with E-state index in [2.05, 4.69) is 10.1 Å². The number of rotatable bonds is 5. The van der Waals surface area contributed by atoms with Crippen LogP contribution in [0, 0.1) is 0 Å². The van der Waals surface area contributed by atoms with Gasteiger partial charge in [-0.25, -0.2) is 18.3 Å². The lowest BCUT2D eigenvalue weighted by Gasteiger charge is -2.18. The molecule has 0 fully saturated rings. The molecule has 8 heteroatoms. The normalized spacial score (nSPS) is 12.8. The molecule has 4 rings (SSSR count). The molecule has 5 nitrogen and oxygen atoms in total. The predicted molar refractivity (Wildman–Crippen MR) is 110 cm³/mol. The van der Waals surface area contributed by atoms with E-state index in [1.807, 2.05) is 30.5 Å². The van der Waals surface area contributed by atoms with Crippen molar-refractivity contribution in [3.05, 3.63) is 88.8 Å². The molecule has 0 aliphatic heterocycles. The molecule has 0 bridgehead atoms. The lowest BCUT2D eigenvalue weighted by molar-refractivity contribution is -0.118. The van der Waals surface area contributed by atoms with Gasteiger partial charge in [0.15, 0.2) is 5.65 Å². The van der Waals surface area contributed by atoms with Gasteiger partial charge in [-0.15, -0.1) is 0 Å². The number of carbonyl (C=O) groups excluding carboxylic acids is 1. The maximum atomic E-state index is 13.6. The number of hydrogen-bond donors (Lipinski definition) is 1. The minimum Gasteiger partial charge on any atom is -0.369 e. The van der Waals surface area contributed by atoms with Crippen LogP contribution in [0.5, 0.6) is 0 Å². The third kappa shape index (κ3) is 3.76. The van der Waals surface area contributed by atoms with Gasteiger partial charge in [0.2, 0.25) is 5.91 Å². The average Bonchev–Trinajstić information content (AvgIpc) is 3.15. The Morgan fingerprint density at radius 1 is 1.07 bits per heavy atom. The molecule has 4 aromatic rings. The number of carbonyl (C=O) groups is 1. The summed E-state index contributed by atoms with van der Waals surface area (Å²) in [5.74, 6) is -4.49. The molecule has 2 heterocycles. The van der Waals surface area contributed by atoms with Crippen LogP contribution < -0.4 is 5.73 Å². The third-order valence-corrected chi connectivity index (χ3v) is 5.25. The standard InChI is InChI=1S/C22H17ClF2N4O/c1-22(24,25)17-7-6-16(10-18(17)23)20(21(26)30)14-4-2-13(3-5-14)15-8-9-29-19(11-15)27-12-28-29/h2-12,20H,1H3,(H2,26,30). The van der Waals surface area contributed by atoms with E-state index in [0.717, 1.165) is 18.1 Å². The number of aromatic nitrogens is 3. The summed E-state index contributed by atoms with van der Waals surface area (Å²) in [6, 6.07) is 15.2. The molecule has 0 saturated heterocycles. The first-order valence-electron chi connectivity index (χ1n) is 9.11. The van der Waals surface area contributed by atoms with Crippen molar-refractivity contribution < 1.29 is 13.6 Å². The van der Waals surface area contributed by atoms with Crippen LogP contribution in [0.4, 0.5) is 8.78 Å². The molecule has 1 atom stereocenters. The Kier molecular flexibility index (Phi) is 4.99. The Morgan fingerprint density at radius 2 is 1.77 bits per heavy atom. The number of nitrogens with two attached hydrogens (primary N) is 1. The summed E-state index contributed by atoms with van der Waals surface area (Å²) in [6.07, 6.45) is 3.29. The highest BCUT2D eigenvalue weighted by atomic mass is 35.5. The SMILES string of the molecule is CC(F)(F)c1ccc(C(C(N)=O)c2ccc(-c3ccn4ncnc4c3)cc2)cc1Cl. The van der Waals surface area contributed by atoms with Crippen molar-refractivity contribution in [1.82, 2.24) is 14.6 Å². The molecular formula is C22H17ClF2N4O. The monoisotopic (exact) mass is 426 g/mol. The number of pyridine rings is 1. The molecule has 0 saturated carbocycles. The summed E-state index contributed by atoms with van der Waals surface area (Å²) in [6.45, 7) is 0.773. The second-order valence-electron chi connectivity index (χ2n) is 7.06. The van der Waals surface area contributed by atoms with Gasteiger partial charge in [-0.3, -0.25) is 4.79 Å². The number of nitrogens with zero attached hydrogens (tertiary/aromatic N) is 3. The minimum absolute atomic E-state index is 0.107. The summed E-state index contributed by atoms with van der Waals surface area (Å²) in [5.41, 5.74) is 9.01. The van der Waals surface area contributed by atoms with Crippen LogP contribution in [-0.4, -0.2) is 20.5 Å². The van der Waals surface area contributed by atoms with E-state index in [4.69, 9.17) is 17.3 Å². The number of fused-ring (bicyclic) bond motifs is 1. The second-order valence-corrected chi connectivity index (χ2v) is 7.47. The zero-order valence-electron chi connectivity index (χ0n) is 15.9. The molecule has 1 amide bonds. The highest BCUT2D eigenvalue weighted by Gasteiger charge is 2.29. The minimum atomic E-state index is -3.08. The van der Waals surface area contributed by atoms with E-state index < -0.39 is 17.7 Å². The smallest absolute Gasteiger partial charge is 0.271 e. The number of hydrogen-bond acceptors (Lipinski definition) is 3. The first kappa shape index (κ1) is 20.0. The highest BCUT2D eigenvalue weighted by Crippen LogP contribution is 2.36. The molecule has 1 unspecified atom stereocenters. The molecule has 0 aliphatic carbocycles. The molecule has 2 N–H and O–H groups in total. The molecule has 0 radical (unpaired) electrons. The van der Waals surface area contributed by atoms with Crippen LogP contribution in [0.3, 0.4) is 0 Å². The van der Waals surface area contributed by atoms with Gasteiger partial charge in [0.05, 0.1) is 10.9 Å². The van der Waals surface area contributed by atoms with Crippen molar-refractivity contribution in [2.45, 2.75) is 18.8 Å². The average molecular weight is 427 g/mol. The van der Waals surface area contributed by atoms with E-state index >= 15 is 0 Å². The summed E-state index contributed by atoms with van der Waals surface area (Å²) >= 11 is 6.05. The fourth-order valence-electron chi connectivity index (χ4n) is 3.45. The fraction of sp³-hybridized carbons (Fsp3) is 0.136. The Morgan fingerprint density at radius 3 is 2.40 bits per heavy atom. The number of benzene rings is 2. The Balaban J connectivity index is 1.68. The van der Waals surface area contributed by atoms with Gasteiger partial charge in [0.1, 0.15) is 6.33 Å². The van der Waals surface area contributed by atoms with E-state index in [0.29, 0.717) is 16.8 Å². The van der Waals surface area contributed by atoms with Crippen molar-refractivity contribution in [2.24, 2.45) is 5.73 Å². The summed E-state index contributed by atoms with van der Waals surface area (Å²) in [4.78, 5) is 16.3. The molecule has 152 valence electrons. The van der Waals surface area contributed by atoms with Crippen LogP contribution >= 0.6 is 11.6 Å². The molecule has 0 aliphatic rings. The molecule has 2 aromatic carbocycles. The van der Waals surface area contributed by atoms with Gasteiger partial charge < -0.3 is 5.73 Å². The van der Waals surface area contributed by atoms with Gasteiger partial charge in [0.25, 0.3) is 5.92 Å². The van der Waals surface area contributed by atoms with Crippen LogP contribution in [0.25, 0.3) is 16.8 Å². The van der Waals surface area contributed by atoms with Crippen LogP contribution in [0.15, 0.2) is 67.1 Å². The maximum Gasteiger partial charge on any atom is 0.271 e. The quantitative estimate of drug-likeness (QED) is 0.499. The summed E-state index contributed by atoms with van der Waals surface area (Å²) in [7, 11) is 0. The van der Waals surface area contributed by atoms with Gasteiger partial charge in [0, 0.05) is 18.7 Å². The third-order valence-electron chi connectivity index (χ3n) is 4.94. The van der Waals surface area contributed by atoms with Crippen LogP contribution in [0.2, 0.25) is 5.02 Å². The highest BCUT2D eigenvalue weighted by molar-refractivity contribution is 6.31. The lowest BCUT2D eigenvalue weighted by atomic mass is 9.89. The number of alkyl halides is 2. The van der Waals surface area contributed by atoms with Gasteiger partial charge >= 0.3 is 0 Å². The second kappa shape index (κ2) is 7.50. The lowest BCUT2D eigenvalue weighted by Crippen LogP contribution is -2.22. The van der Waals surface area contributed by atoms with Crippen molar-refractivity contribution in [3.8, 4) is 11.1 Å². The Hall–Kier alpha value is -3.32. The first-order chi connectivity index (χ1) is 14.2. The number of primary amides is 1. The summed E-state index contributed by atoms with van der Waals surface area (Å²) in [5, 5.41) is 3.96. The van der Waals surface area contributed by atoms with Crippen molar-refractivity contribution in [1.29, 1.82) is 0 Å². The topological polar surface area (TPSA) is 73.3 Å². The van der Waals surface area contributed by atoms with E-state index in [-0.39, 0.29) is 10.6 Å². The predicted octanol–water partition coefficient (Wildman–Crippen LogP) is 4.78. The van der Waals surface area contributed by atoms with Crippen LogP contribution in [-0.2, 0) is 10.7 Å². The van der Waals surface area contributed by atoms with E-state index in [1.165, 1.54) is 24.5 Å². The molecule has 30 heavy (non-hydrogen) atoms.